The largest absolute Gasteiger partial charge is 0.457 e. The molecule has 16 heavy (non-hydrogen) atoms. The van der Waals surface area contributed by atoms with Gasteiger partial charge in [-0.2, -0.15) is 9.11 Å². The first-order chi connectivity index (χ1) is 7.75. The van der Waals surface area contributed by atoms with Gasteiger partial charge < -0.3 is 4.74 Å². The van der Waals surface area contributed by atoms with E-state index in [1.54, 1.807) is 24.3 Å². The van der Waals surface area contributed by atoms with Crippen LogP contribution in [0.5, 0.6) is 11.5 Å². The molecule has 0 aromatic heterocycles. The maximum absolute atomic E-state index is 8.95. The Morgan fingerprint density at radius 2 is 1.31 bits per heavy atom. The summed E-state index contributed by atoms with van der Waals surface area (Å²) in [7, 11) is 0. The first kappa shape index (κ1) is 11.0. The summed E-state index contributed by atoms with van der Waals surface area (Å²) in [6.45, 7) is 0. The van der Waals surface area contributed by atoms with Crippen LogP contribution in [0.3, 0.4) is 0 Å². The third-order valence-corrected chi connectivity index (χ3v) is 2.71. The Kier molecular flexibility index (Phi) is 3.46. The van der Waals surface area contributed by atoms with Crippen molar-refractivity contribution in [2.75, 3.05) is 0 Å². The van der Waals surface area contributed by atoms with E-state index in [1.165, 1.54) is 0 Å². The Morgan fingerprint density at radius 3 is 1.88 bits per heavy atom. The highest BCUT2D eigenvalue weighted by molar-refractivity contribution is 7.85. The maximum Gasteiger partial charge on any atom is 0.351 e. The standard InChI is InChI=1S/C12H11O3S/c13-16(14)12-8-6-11(7-9-12)15-10-4-2-1-3-5-10/h1-9,13-14H/q+1. The predicted octanol–water partition coefficient (Wildman–Crippen LogP) is 3.40. The molecule has 2 aromatic rings. The van der Waals surface area contributed by atoms with Gasteiger partial charge in [0.25, 0.3) is 0 Å². The number of ether oxygens (including phenoxy) is 1. The summed E-state index contributed by atoms with van der Waals surface area (Å²) >= 11 is -1.69. The molecule has 2 rings (SSSR count). The molecule has 3 nitrogen and oxygen atoms in total. The van der Waals surface area contributed by atoms with Crippen LogP contribution in [0.4, 0.5) is 0 Å². The lowest BCUT2D eigenvalue weighted by atomic mass is 10.3. The first-order valence-corrected chi connectivity index (χ1v) is 5.85. The van der Waals surface area contributed by atoms with Gasteiger partial charge in [0.2, 0.25) is 4.90 Å². The normalized spacial score (nSPS) is 10.4. The van der Waals surface area contributed by atoms with E-state index in [4.69, 9.17) is 13.8 Å². The Morgan fingerprint density at radius 1 is 0.750 bits per heavy atom. The maximum atomic E-state index is 8.95. The minimum Gasteiger partial charge on any atom is -0.457 e. The minimum absolute atomic E-state index is 0.473. The van der Waals surface area contributed by atoms with Crippen molar-refractivity contribution in [3.8, 4) is 11.5 Å². The lowest BCUT2D eigenvalue weighted by Crippen LogP contribution is -1.96. The van der Waals surface area contributed by atoms with E-state index in [1.807, 2.05) is 30.3 Å². The smallest absolute Gasteiger partial charge is 0.351 e. The van der Waals surface area contributed by atoms with Crippen LogP contribution >= 0.6 is 0 Å². The van der Waals surface area contributed by atoms with E-state index in [2.05, 4.69) is 0 Å². The van der Waals surface area contributed by atoms with Crippen LogP contribution in [0.25, 0.3) is 0 Å². The second-order valence-electron chi connectivity index (χ2n) is 3.15. The van der Waals surface area contributed by atoms with E-state index in [9.17, 15) is 0 Å². The average molecular weight is 235 g/mol. The number of hydrogen-bond donors (Lipinski definition) is 2. The lowest BCUT2D eigenvalue weighted by Gasteiger charge is -2.04. The van der Waals surface area contributed by atoms with Gasteiger partial charge >= 0.3 is 11.5 Å². The average Bonchev–Trinajstić information content (AvgIpc) is 2.31. The SMILES string of the molecule is O[S+](O)c1ccc(Oc2ccccc2)cc1. The highest BCUT2D eigenvalue weighted by atomic mass is 32.2. The van der Waals surface area contributed by atoms with Gasteiger partial charge in [-0.05, 0) is 24.3 Å². The molecule has 82 valence electrons. The monoisotopic (exact) mass is 235 g/mol. The Labute approximate surface area is 96.7 Å². The molecule has 0 saturated carbocycles. The summed E-state index contributed by atoms with van der Waals surface area (Å²) in [6, 6.07) is 16.1. The third-order valence-electron chi connectivity index (χ3n) is 2.01. The molecule has 0 bridgehead atoms. The summed E-state index contributed by atoms with van der Waals surface area (Å²) in [4.78, 5) is 0.473. The highest BCUT2D eigenvalue weighted by Crippen LogP contribution is 2.22. The van der Waals surface area contributed by atoms with Gasteiger partial charge in [-0.1, -0.05) is 18.2 Å². The Bertz CT molecular complexity index is 440. The van der Waals surface area contributed by atoms with Crippen LogP contribution in [0.2, 0.25) is 0 Å². The van der Waals surface area contributed by atoms with Gasteiger partial charge in [0.15, 0.2) is 0 Å². The summed E-state index contributed by atoms with van der Waals surface area (Å²) < 4.78 is 23.4. The fourth-order valence-corrected chi connectivity index (χ4v) is 1.63. The van der Waals surface area contributed by atoms with E-state index >= 15 is 0 Å². The van der Waals surface area contributed by atoms with E-state index in [0.29, 0.717) is 10.6 Å². The van der Waals surface area contributed by atoms with Crippen LogP contribution in [0.1, 0.15) is 0 Å². The fraction of sp³-hybridized carbons (Fsp3) is 0. The van der Waals surface area contributed by atoms with Crippen molar-refractivity contribution in [2.45, 2.75) is 4.90 Å². The molecule has 0 atom stereocenters. The zero-order valence-electron chi connectivity index (χ0n) is 8.41. The number of hydrogen-bond acceptors (Lipinski definition) is 3. The summed E-state index contributed by atoms with van der Waals surface area (Å²) in [6.07, 6.45) is 0. The molecule has 0 aliphatic heterocycles. The van der Waals surface area contributed by atoms with Crippen molar-refractivity contribution in [1.29, 1.82) is 0 Å². The van der Waals surface area contributed by atoms with Crippen molar-refractivity contribution in [3.63, 3.8) is 0 Å². The van der Waals surface area contributed by atoms with Crippen LogP contribution in [0.15, 0.2) is 59.5 Å². The van der Waals surface area contributed by atoms with Gasteiger partial charge in [-0.15, -0.1) is 0 Å². The van der Waals surface area contributed by atoms with Gasteiger partial charge in [-0.25, -0.2) is 0 Å². The topological polar surface area (TPSA) is 49.7 Å². The van der Waals surface area contributed by atoms with Crippen LogP contribution in [-0.4, -0.2) is 9.11 Å². The second kappa shape index (κ2) is 5.03. The third kappa shape index (κ3) is 2.76. The molecule has 0 saturated heterocycles. The van der Waals surface area contributed by atoms with Gasteiger partial charge in [-0.3, -0.25) is 0 Å². The minimum atomic E-state index is -1.69. The molecule has 0 fully saturated rings. The predicted molar refractivity (Wildman–Crippen MR) is 63.8 cm³/mol. The van der Waals surface area contributed by atoms with Gasteiger partial charge in [0, 0.05) is 12.1 Å². The Balaban J connectivity index is 2.11. The highest BCUT2D eigenvalue weighted by Gasteiger charge is 2.15. The van der Waals surface area contributed by atoms with Crippen LogP contribution < -0.4 is 4.74 Å². The van der Waals surface area contributed by atoms with Crippen molar-refractivity contribution in [1.82, 2.24) is 0 Å². The molecule has 0 amide bonds. The molecule has 0 aliphatic carbocycles. The van der Waals surface area contributed by atoms with Crippen molar-refractivity contribution < 1.29 is 13.8 Å². The second-order valence-corrected chi connectivity index (χ2v) is 4.15. The van der Waals surface area contributed by atoms with Crippen molar-refractivity contribution in [3.05, 3.63) is 54.6 Å². The van der Waals surface area contributed by atoms with Crippen LogP contribution in [-0.2, 0) is 11.5 Å². The molecule has 0 unspecified atom stereocenters. The van der Waals surface area contributed by atoms with Crippen molar-refractivity contribution in [2.24, 2.45) is 0 Å². The summed E-state index contributed by atoms with van der Waals surface area (Å²) in [5.74, 6) is 1.42. The molecule has 0 aliphatic rings. The van der Waals surface area contributed by atoms with E-state index in [0.717, 1.165) is 5.75 Å². The zero-order valence-corrected chi connectivity index (χ0v) is 9.22. The van der Waals surface area contributed by atoms with Gasteiger partial charge in [0.05, 0.1) is 0 Å². The molecule has 0 heterocycles. The molecular weight excluding hydrogens is 224 g/mol. The first-order valence-electron chi connectivity index (χ1n) is 4.71. The molecule has 2 aromatic carbocycles. The zero-order chi connectivity index (χ0) is 11.4. The fourth-order valence-electron chi connectivity index (χ4n) is 1.25. The van der Waals surface area contributed by atoms with Crippen LogP contribution in [0, 0.1) is 0 Å². The lowest BCUT2D eigenvalue weighted by molar-refractivity contribution is 0.481. The molecule has 2 N–H and O–H groups in total. The number of rotatable bonds is 3. The molecule has 0 radical (unpaired) electrons. The molecule has 4 heteroatoms. The quantitative estimate of drug-likeness (QED) is 0.801. The Hall–Kier alpha value is -1.49. The molecular formula is C12H11O3S+. The van der Waals surface area contributed by atoms with Gasteiger partial charge in [0.1, 0.15) is 11.5 Å². The number of benzene rings is 2. The van der Waals surface area contributed by atoms with E-state index in [-0.39, 0.29) is 0 Å². The summed E-state index contributed by atoms with van der Waals surface area (Å²) in [5.41, 5.74) is 0. The summed E-state index contributed by atoms with van der Waals surface area (Å²) in [5, 5.41) is 0. The van der Waals surface area contributed by atoms with E-state index < -0.39 is 11.5 Å². The van der Waals surface area contributed by atoms with Crippen molar-refractivity contribution >= 4 is 11.5 Å². The molecule has 0 spiro atoms. The number of para-hydroxylation sites is 1.